The van der Waals surface area contributed by atoms with Gasteiger partial charge in [0.25, 0.3) is 0 Å². The van der Waals surface area contributed by atoms with Gasteiger partial charge in [0, 0.05) is 18.8 Å². The molecule has 6 nitrogen and oxygen atoms in total. The summed E-state index contributed by atoms with van der Waals surface area (Å²) in [5.41, 5.74) is 0.928. The minimum absolute atomic E-state index is 0.253. The van der Waals surface area contributed by atoms with Gasteiger partial charge in [0.15, 0.2) is 5.82 Å². The first-order valence-electron chi connectivity index (χ1n) is 6.81. The van der Waals surface area contributed by atoms with Gasteiger partial charge in [-0.1, -0.05) is 18.2 Å². The van der Waals surface area contributed by atoms with Gasteiger partial charge in [0.05, 0.1) is 19.1 Å². The van der Waals surface area contributed by atoms with Crippen molar-refractivity contribution in [1.29, 1.82) is 0 Å². The van der Waals surface area contributed by atoms with E-state index in [4.69, 9.17) is 16.3 Å². The molecule has 0 atom stereocenters. The van der Waals surface area contributed by atoms with E-state index in [1.165, 1.54) is 0 Å². The molecule has 0 saturated carbocycles. The summed E-state index contributed by atoms with van der Waals surface area (Å²) in [6.07, 6.45) is 0. The number of benzene rings is 1. The van der Waals surface area contributed by atoms with Gasteiger partial charge >= 0.3 is 0 Å². The molecule has 2 heterocycles. The Kier molecular flexibility index (Phi) is 4.47. The molecule has 3 rings (SSSR count). The number of rotatable bonds is 4. The van der Waals surface area contributed by atoms with Gasteiger partial charge in [-0.25, -0.2) is 0 Å². The molecule has 0 bridgehead atoms. The quantitative estimate of drug-likeness (QED) is 0.874. The average Bonchev–Trinajstić information content (AvgIpc) is 2.56. The fourth-order valence-electron chi connectivity index (χ4n) is 2.08. The van der Waals surface area contributed by atoms with E-state index in [1.54, 1.807) is 0 Å². The van der Waals surface area contributed by atoms with Gasteiger partial charge in [-0.2, -0.15) is 15.0 Å². The van der Waals surface area contributed by atoms with Crippen LogP contribution in [0, 0.1) is 0 Å². The third-order valence-corrected chi connectivity index (χ3v) is 3.35. The van der Waals surface area contributed by atoms with Crippen LogP contribution in [-0.4, -0.2) is 41.3 Å². The Labute approximate surface area is 128 Å². The standard InChI is InChI=1S/C14H16ClN5O/c15-10-12-17-13(16-11-4-2-1-3-5-11)19-14(18-12)20-6-8-21-9-7-20/h1-5H,6-10H2,(H,16,17,18,19). The fourth-order valence-corrected chi connectivity index (χ4v) is 2.20. The smallest absolute Gasteiger partial charge is 0.232 e. The first kappa shape index (κ1) is 14.0. The third-order valence-electron chi connectivity index (χ3n) is 3.11. The molecule has 1 aliphatic rings. The lowest BCUT2D eigenvalue weighted by Crippen LogP contribution is -2.37. The Morgan fingerprint density at radius 1 is 1.10 bits per heavy atom. The minimum Gasteiger partial charge on any atom is -0.378 e. The number of aromatic nitrogens is 3. The second kappa shape index (κ2) is 6.69. The van der Waals surface area contributed by atoms with Crippen LogP contribution in [0.2, 0.25) is 0 Å². The van der Waals surface area contributed by atoms with Crippen molar-refractivity contribution < 1.29 is 4.74 Å². The Balaban J connectivity index is 1.85. The van der Waals surface area contributed by atoms with E-state index >= 15 is 0 Å². The molecule has 21 heavy (non-hydrogen) atoms. The third kappa shape index (κ3) is 3.59. The second-order valence-corrected chi connectivity index (χ2v) is 4.87. The zero-order valence-corrected chi connectivity index (χ0v) is 12.3. The number of hydrogen-bond donors (Lipinski definition) is 1. The number of hydrogen-bond acceptors (Lipinski definition) is 6. The van der Waals surface area contributed by atoms with Crippen molar-refractivity contribution in [2.24, 2.45) is 0 Å². The normalized spacial score (nSPS) is 15.0. The molecule has 0 radical (unpaired) electrons. The zero-order valence-electron chi connectivity index (χ0n) is 11.5. The summed E-state index contributed by atoms with van der Waals surface area (Å²) in [5, 5.41) is 3.18. The summed E-state index contributed by atoms with van der Waals surface area (Å²) in [7, 11) is 0. The van der Waals surface area contributed by atoms with Gasteiger partial charge in [-0.15, -0.1) is 11.6 Å². The molecule has 1 aromatic carbocycles. The number of para-hydroxylation sites is 1. The van der Waals surface area contributed by atoms with E-state index in [1.807, 2.05) is 30.3 Å². The van der Waals surface area contributed by atoms with Crippen LogP contribution in [0.15, 0.2) is 30.3 Å². The lowest BCUT2D eigenvalue weighted by Gasteiger charge is -2.27. The van der Waals surface area contributed by atoms with Crippen molar-refractivity contribution >= 4 is 29.2 Å². The molecule has 1 N–H and O–H groups in total. The predicted octanol–water partition coefficient (Wildman–Crippen LogP) is 2.19. The lowest BCUT2D eigenvalue weighted by molar-refractivity contribution is 0.122. The fraction of sp³-hybridized carbons (Fsp3) is 0.357. The number of nitrogens with one attached hydrogen (secondary N) is 1. The van der Waals surface area contributed by atoms with Crippen LogP contribution in [0.4, 0.5) is 17.6 Å². The molecule has 1 fully saturated rings. The highest BCUT2D eigenvalue weighted by Gasteiger charge is 2.16. The SMILES string of the molecule is ClCc1nc(Nc2ccccc2)nc(N2CCOCC2)n1. The van der Waals surface area contributed by atoms with Crippen LogP contribution in [-0.2, 0) is 10.6 Å². The van der Waals surface area contributed by atoms with Crippen LogP contribution in [0.1, 0.15) is 5.82 Å². The highest BCUT2D eigenvalue weighted by Crippen LogP contribution is 2.17. The van der Waals surface area contributed by atoms with Crippen molar-refractivity contribution in [3.05, 3.63) is 36.2 Å². The molecule has 0 unspecified atom stereocenters. The second-order valence-electron chi connectivity index (χ2n) is 4.60. The van der Waals surface area contributed by atoms with Crippen molar-refractivity contribution in [3.63, 3.8) is 0 Å². The van der Waals surface area contributed by atoms with E-state index in [-0.39, 0.29) is 5.88 Å². The molecular formula is C14H16ClN5O. The summed E-state index contributed by atoms with van der Waals surface area (Å²) in [5.74, 6) is 1.96. The number of halogens is 1. The van der Waals surface area contributed by atoms with Crippen LogP contribution < -0.4 is 10.2 Å². The van der Waals surface area contributed by atoms with Gasteiger partial charge in [-0.3, -0.25) is 0 Å². The molecule has 0 spiro atoms. The van der Waals surface area contributed by atoms with E-state index in [9.17, 15) is 0 Å². The Hall–Kier alpha value is -1.92. The molecule has 2 aromatic rings. The summed E-state index contributed by atoms with van der Waals surface area (Å²) in [4.78, 5) is 15.3. The highest BCUT2D eigenvalue weighted by atomic mass is 35.5. The topological polar surface area (TPSA) is 63.2 Å². The van der Waals surface area contributed by atoms with Crippen LogP contribution in [0.5, 0.6) is 0 Å². The van der Waals surface area contributed by atoms with Crippen molar-refractivity contribution in [1.82, 2.24) is 15.0 Å². The largest absolute Gasteiger partial charge is 0.378 e. The first-order chi connectivity index (χ1) is 10.3. The molecule has 1 aliphatic heterocycles. The monoisotopic (exact) mass is 305 g/mol. The summed E-state index contributed by atoms with van der Waals surface area (Å²) < 4.78 is 5.35. The predicted molar refractivity (Wildman–Crippen MR) is 82.1 cm³/mol. The molecule has 1 saturated heterocycles. The Bertz CT molecular complexity index is 589. The van der Waals surface area contributed by atoms with E-state index < -0.39 is 0 Å². The summed E-state index contributed by atoms with van der Waals surface area (Å²) in [6.45, 7) is 2.92. The average molecular weight is 306 g/mol. The number of alkyl halides is 1. The molecule has 7 heteroatoms. The summed E-state index contributed by atoms with van der Waals surface area (Å²) in [6, 6.07) is 9.78. The maximum atomic E-state index is 5.89. The Morgan fingerprint density at radius 3 is 2.57 bits per heavy atom. The van der Waals surface area contributed by atoms with Gasteiger partial charge < -0.3 is 15.0 Å². The highest BCUT2D eigenvalue weighted by molar-refractivity contribution is 6.16. The van der Waals surface area contributed by atoms with Gasteiger partial charge in [0.2, 0.25) is 11.9 Å². The van der Waals surface area contributed by atoms with Gasteiger partial charge in [0.1, 0.15) is 0 Å². The van der Waals surface area contributed by atoms with Gasteiger partial charge in [-0.05, 0) is 12.1 Å². The van der Waals surface area contributed by atoms with Crippen LogP contribution >= 0.6 is 11.6 Å². The van der Waals surface area contributed by atoms with E-state index in [2.05, 4.69) is 25.2 Å². The lowest BCUT2D eigenvalue weighted by atomic mass is 10.3. The zero-order chi connectivity index (χ0) is 14.5. The Morgan fingerprint density at radius 2 is 1.86 bits per heavy atom. The van der Waals surface area contributed by atoms with Crippen molar-refractivity contribution in [2.75, 3.05) is 36.5 Å². The molecule has 0 aliphatic carbocycles. The molecule has 1 aromatic heterocycles. The van der Waals surface area contributed by atoms with Crippen molar-refractivity contribution in [2.45, 2.75) is 5.88 Å². The number of morpholine rings is 1. The van der Waals surface area contributed by atoms with E-state index in [0.29, 0.717) is 30.9 Å². The maximum absolute atomic E-state index is 5.89. The van der Waals surface area contributed by atoms with Crippen LogP contribution in [0.3, 0.4) is 0 Å². The summed E-state index contributed by atoms with van der Waals surface area (Å²) >= 11 is 5.89. The van der Waals surface area contributed by atoms with Crippen molar-refractivity contribution in [3.8, 4) is 0 Å². The molecular weight excluding hydrogens is 290 g/mol. The van der Waals surface area contributed by atoms with E-state index in [0.717, 1.165) is 18.8 Å². The minimum atomic E-state index is 0.253. The van der Waals surface area contributed by atoms with Crippen LogP contribution in [0.25, 0.3) is 0 Å². The maximum Gasteiger partial charge on any atom is 0.232 e. The first-order valence-corrected chi connectivity index (χ1v) is 7.34. The number of ether oxygens (including phenoxy) is 1. The number of anilines is 3. The number of nitrogens with zero attached hydrogens (tertiary/aromatic N) is 4. The molecule has 0 amide bonds. The molecule has 110 valence electrons.